The third kappa shape index (κ3) is 3.52. The number of benzene rings is 2. The summed E-state index contributed by atoms with van der Waals surface area (Å²) in [6, 6.07) is 17.7. The van der Waals surface area contributed by atoms with Crippen molar-refractivity contribution in [2.75, 3.05) is 0 Å². The van der Waals surface area contributed by atoms with Gasteiger partial charge >= 0.3 is 0 Å². The number of carbonyl (C=O) groups excluding carboxylic acids is 1. The second-order valence-electron chi connectivity index (χ2n) is 5.93. The maximum Gasteiger partial charge on any atom is 0.164 e. The van der Waals surface area contributed by atoms with Gasteiger partial charge < -0.3 is 4.57 Å². The molecule has 5 nitrogen and oxygen atoms in total. The van der Waals surface area contributed by atoms with E-state index in [2.05, 4.69) is 10.2 Å². The van der Waals surface area contributed by atoms with Crippen molar-refractivity contribution < 1.29 is 9.18 Å². The minimum Gasteiger partial charge on any atom is -0.313 e. The molecule has 0 N–H and O–H groups in total. The highest BCUT2D eigenvalue weighted by Crippen LogP contribution is 2.23. The fraction of sp³-hybridized carbons (Fsp3) is 0.200. The second kappa shape index (κ2) is 7.70. The minimum absolute atomic E-state index is 0.0622. The predicted octanol–water partition coefficient (Wildman–Crippen LogP) is 3.43. The van der Waals surface area contributed by atoms with E-state index in [0.717, 1.165) is 5.56 Å². The summed E-state index contributed by atoms with van der Waals surface area (Å²) in [6.45, 7) is 0. The van der Waals surface area contributed by atoms with Crippen LogP contribution in [0.2, 0.25) is 0 Å². The summed E-state index contributed by atoms with van der Waals surface area (Å²) in [6.07, 6.45) is 0.305. The zero-order valence-corrected chi connectivity index (χ0v) is 14.3. The molecule has 0 saturated carbocycles. The summed E-state index contributed by atoms with van der Waals surface area (Å²) in [4.78, 5) is 12.5. The highest BCUT2D eigenvalue weighted by molar-refractivity contribution is 5.87. The zero-order valence-electron chi connectivity index (χ0n) is 14.3. The molecule has 1 atom stereocenters. The fourth-order valence-corrected chi connectivity index (χ4v) is 2.81. The van der Waals surface area contributed by atoms with Crippen LogP contribution in [-0.2, 0) is 18.3 Å². The Morgan fingerprint density at radius 3 is 2.54 bits per heavy atom. The van der Waals surface area contributed by atoms with Crippen molar-refractivity contribution in [2.45, 2.75) is 18.8 Å². The topological polar surface area (TPSA) is 71.6 Å². The number of ketones is 1. The highest BCUT2D eigenvalue weighted by atomic mass is 19.1. The van der Waals surface area contributed by atoms with Crippen molar-refractivity contribution in [3.63, 3.8) is 0 Å². The fourth-order valence-electron chi connectivity index (χ4n) is 2.81. The van der Waals surface area contributed by atoms with E-state index in [9.17, 15) is 14.4 Å². The van der Waals surface area contributed by atoms with Crippen LogP contribution >= 0.6 is 0 Å². The Kier molecular flexibility index (Phi) is 5.18. The molecule has 3 rings (SSSR count). The number of hydrogen-bond acceptors (Lipinski definition) is 4. The number of Topliss-reactive ketones (excluding diaryl/α,β-unsaturated/α-hetero) is 1. The van der Waals surface area contributed by atoms with E-state index in [1.807, 2.05) is 36.4 Å². The van der Waals surface area contributed by atoms with E-state index in [1.54, 1.807) is 29.8 Å². The van der Waals surface area contributed by atoms with Crippen molar-refractivity contribution in [1.82, 2.24) is 14.8 Å². The maximum atomic E-state index is 13.7. The molecule has 0 amide bonds. The lowest BCUT2D eigenvalue weighted by atomic mass is 9.98. The Hall–Kier alpha value is -3.33. The van der Waals surface area contributed by atoms with Crippen LogP contribution in [0.5, 0.6) is 0 Å². The first-order chi connectivity index (χ1) is 12.6. The van der Waals surface area contributed by atoms with Gasteiger partial charge in [0.1, 0.15) is 5.82 Å². The van der Waals surface area contributed by atoms with Crippen LogP contribution in [0.15, 0.2) is 54.6 Å². The summed E-state index contributed by atoms with van der Waals surface area (Å²) in [5.41, 5.74) is 1.31. The molecular formula is C20H17FN4O. The van der Waals surface area contributed by atoms with Gasteiger partial charge in [0.05, 0.1) is 6.07 Å². The first-order valence-corrected chi connectivity index (χ1v) is 8.22. The molecule has 1 aromatic heterocycles. The van der Waals surface area contributed by atoms with Crippen LogP contribution in [0.3, 0.4) is 0 Å². The molecule has 0 saturated heterocycles. The summed E-state index contributed by atoms with van der Waals surface area (Å²) >= 11 is 0. The first-order valence-electron chi connectivity index (χ1n) is 8.22. The van der Waals surface area contributed by atoms with Crippen molar-refractivity contribution in [3.05, 3.63) is 71.8 Å². The average molecular weight is 348 g/mol. The molecule has 0 aliphatic carbocycles. The number of hydrogen-bond donors (Lipinski definition) is 0. The van der Waals surface area contributed by atoms with Gasteiger partial charge in [-0.2, -0.15) is 5.26 Å². The lowest BCUT2D eigenvalue weighted by molar-refractivity contribution is -0.119. The summed E-state index contributed by atoms with van der Waals surface area (Å²) < 4.78 is 15.4. The van der Waals surface area contributed by atoms with E-state index < -0.39 is 5.92 Å². The number of aryl methyl sites for hydroxylation is 1. The Labute approximate surface area is 150 Å². The van der Waals surface area contributed by atoms with Gasteiger partial charge in [-0.05, 0) is 18.1 Å². The van der Waals surface area contributed by atoms with Gasteiger partial charge in [-0.25, -0.2) is 4.39 Å². The monoisotopic (exact) mass is 348 g/mol. The van der Waals surface area contributed by atoms with Crippen LogP contribution in [0.4, 0.5) is 4.39 Å². The van der Waals surface area contributed by atoms with Gasteiger partial charge in [-0.3, -0.25) is 4.79 Å². The maximum absolute atomic E-state index is 13.7. The molecule has 26 heavy (non-hydrogen) atoms. The number of nitriles is 1. The van der Waals surface area contributed by atoms with E-state index >= 15 is 0 Å². The zero-order chi connectivity index (χ0) is 18.5. The lowest BCUT2D eigenvalue weighted by Crippen LogP contribution is -2.16. The Morgan fingerprint density at radius 1 is 1.15 bits per heavy atom. The first kappa shape index (κ1) is 17.5. The molecule has 2 aromatic carbocycles. The third-order valence-electron chi connectivity index (χ3n) is 4.25. The number of halogens is 1. The average Bonchev–Trinajstić information content (AvgIpc) is 3.04. The summed E-state index contributed by atoms with van der Waals surface area (Å²) in [5.74, 6) is -0.797. The van der Waals surface area contributed by atoms with E-state index in [4.69, 9.17) is 0 Å². The highest BCUT2D eigenvalue weighted by Gasteiger charge is 2.26. The van der Waals surface area contributed by atoms with Crippen LogP contribution in [-0.4, -0.2) is 20.5 Å². The molecular weight excluding hydrogens is 331 g/mol. The molecule has 0 aliphatic rings. The van der Waals surface area contributed by atoms with E-state index in [1.165, 1.54) is 6.07 Å². The summed E-state index contributed by atoms with van der Waals surface area (Å²) in [7, 11) is 1.73. The quantitative estimate of drug-likeness (QED) is 0.684. The summed E-state index contributed by atoms with van der Waals surface area (Å²) in [5, 5.41) is 17.7. The van der Waals surface area contributed by atoms with Gasteiger partial charge in [0.2, 0.25) is 0 Å². The lowest BCUT2D eigenvalue weighted by Gasteiger charge is -2.09. The van der Waals surface area contributed by atoms with Crippen molar-refractivity contribution in [1.29, 1.82) is 5.26 Å². The number of nitrogens with zero attached hydrogens (tertiary/aromatic N) is 4. The largest absolute Gasteiger partial charge is 0.313 e. The van der Waals surface area contributed by atoms with Crippen molar-refractivity contribution in [2.24, 2.45) is 7.05 Å². The van der Waals surface area contributed by atoms with Crippen LogP contribution in [0, 0.1) is 17.1 Å². The number of rotatable bonds is 6. The van der Waals surface area contributed by atoms with Gasteiger partial charge in [0.25, 0.3) is 0 Å². The minimum atomic E-state index is -1.03. The van der Waals surface area contributed by atoms with Crippen molar-refractivity contribution in [3.8, 4) is 17.5 Å². The molecule has 0 spiro atoms. The number of carbonyl (C=O) groups is 1. The van der Waals surface area contributed by atoms with Crippen LogP contribution < -0.4 is 0 Å². The molecule has 0 fully saturated rings. The SMILES string of the molecule is Cn1c(-c2ccccc2)nnc1[C@@H](C#N)C(=O)CCc1ccccc1F. The molecule has 0 unspecified atom stereocenters. The van der Waals surface area contributed by atoms with Gasteiger partial charge in [0.15, 0.2) is 23.3 Å². The van der Waals surface area contributed by atoms with Gasteiger partial charge in [-0.1, -0.05) is 48.5 Å². The molecule has 0 aliphatic heterocycles. The molecule has 0 radical (unpaired) electrons. The Morgan fingerprint density at radius 2 is 1.85 bits per heavy atom. The smallest absolute Gasteiger partial charge is 0.164 e. The van der Waals surface area contributed by atoms with Gasteiger partial charge in [0, 0.05) is 19.0 Å². The van der Waals surface area contributed by atoms with Crippen LogP contribution in [0.1, 0.15) is 23.7 Å². The van der Waals surface area contributed by atoms with Crippen LogP contribution in [0.25, 0.3) is 11.4 Å². The third-order valence-corrected chi connectivity index (χ3v) is 4.25. The standard InChI is InChI=1S/C20H17FN4O/c1-25-19(15-8-3-2-4-9-15)23-24-20(25)16(13-22)18(26)12-11-14-7-5-6-10-17(14)21/h2-10,16H,11-12H2,1H3/t16-/m0/s1. The van der Waals surface area contributed by atoms with E-state index in [-0.39, 0.29) is 24.4 Å². The van der Waals surface area contributed by atoms with Gasteiger partial charge in [-0.15, -0.1) is 10.2 Å². The molecule has 130 valence electrons. The number of aromatic nitrogens is 3. The second-order valence-corrected chi connectivity index (χ2v) is 5.93. The molecule has 3 aromatic rings. The normalized spacial score (nSPS) is 11.7. The molecule has 1 heterocycles. The molecule has 6 heteroatoms. The Balaban J connectivity index is 1.79. The molecule has 0 bridgehead atoms. The Bertz CT molecular complexity index is 959. The predicted molar refractivity (Wildman–Crippen MR) is 94.5 cm³/mol. The van der Waals surface area contributed by atoms with E-state index in [0.29, 0.717) is 17.2 Å². The van der Waals surface area contributed by atoms with Crippen molar-refractivity contribution >= 4 is 5.78 Å².